The Morgan fingerprint density at radius 2 is 1.73 bits per heavy atom. The van der Waals surface area contributed by atoms with Crippen LogP contribution in [-0.4, -0.2) is 10.9 Å². The van der Waals surface area contributed by atoms with E-state index in [0.29, 0.717) is 5.75 Å². The van der Waals surface area contributed by atoms with E-state index in [1.165, 1.54) is 49.9 Å². The Morgan fingerprint density at radius 3 is 2.32 bits per heavy atom. The Morgan fingerprint density at radius 1 is 1.14 bits per heavy atom. The van der Waals surface area contributed by atoms with Crippen LogP contribution in [0.1, 0.15) is 58.8 Å². The summed E-state index contributed by atoms with van der Waals surface area (Å²) in [5, 5.41) is 10.6. The summed E-state index contributed by atoms with van der Waals surface area (Å²) in [6.45, 7) is 4.05. The first-order chi connectivity index (χ1) is 10.5. The number of nitrogens with zero attached hydrogens (tertiary/aromatic N) is 1. The Labute approximate surface area is 131 Å². The number of carbonyl (C=O) groups is 1. The Bertz CT molecular complexity index is 470. The molecule has 0 aliphatic heterocycles. The van der Waals surface area contributed by atoms with Gasteiger partial charge in [-0.25, -0.2) is 0 Å². The lowest BCUT2D eigenvalue weighted by Crippen LogP contribution is -2.17. The fourth-order valence-electron chi connectivity index (χ4n) is 2.20. The van der Waals surface area contributed by atoms with Crippen molar-refractivity contribution in [1.29, 1.82) is 0 Å². The Balaban J connectivity index is 2.30. The molecule has 0 heterocycles. The molecule has 0 saturated carbocycles. The Kier molecular flexibility index (Phi) is 8.18. The molecule has 0 radical (unpaired) electrons. The van der Waals surface area contributed by atoms with Gasteiger partial charge >= 0.3 is 5.97 Å². The van der Waals surface area contributed by atoms with Gasteiger partial charge in [0.25, 0.3) is 5.69 Å². The highest BCUT2D eigenvalue weighted by Gasteiger charge is 2.15. The average Bonchev–Trinajstić information content (AvgIpc) is 2.51. The predicted molar refractivity (Wildman–Crippen MR) is 85.9 cm³/mol. The van der Waals surface area contributed by atoms with Crippen LogP contribution in [0.3, 0.4) is 0 Å². The summed E-state index contributed by atoms with van der Waals surface area (Å²) in [6, 6.07) is 5.57. The molecule has 1 rings (SSSR count). The van der Waals surface area contributed by atoms with Gasteiger partial charge in [-0.3, -0.25) is 14.9 Å². The number of unbranched alkanes of at least 4 members (excludes halogenated alkanes) is 5. The molecule has 5 heteroatoms. The molecular weight excluding hydrogens is 282 g/mol. The second-order valence-corrected chi connectivity index (χ2v) is 5.63. The fourth-order valence-corrected chi connectivity index (χ4v) is 2.20. The number of carbonyl (C=O) groups excluding carboxylic acids is 1. The molecule has 122 valence electrons. The van der Waals surface area contributed by atoms with Crippen LogP contribution < -0.4 is 4.74 Å². The molecule has 0 fully saturated rings. The highest BCUT2D eigenvalue weighted by molar-refractivity contribution is 5.74. The van der Waals surface area contributed by atoms with Crippen LogP contribution in [0.5, 0.6) is 5.75 Å². The van der Waals surface area contributed by atoms with Crippen molar-refractivity contribution in [3.8, 4) is 5.75 Å². The van der Waals surface area contributed by atoms with E-state index in [1.54, 1.807) is 0 Å². The summed E-state index contributed by atoms with van der Waals surface area (Å²) >= 11 is 0. The molecule has 1 aromatic rings. The summed E-state index contributed by atoms with van der Waals surface area (Å²) < 4.78 is 5.24. The van der Waals surface area contributed by atoms with Crippen LogP contribution in [0.4, 0.5) is 5.69 Å². The fraction of sp³-hybridized carbons (Fsp3) is 0.588. The third kappa shape index (κ3) is 6.70. The number of rotatable bonds is 10. The van der Waals surface area contributed by atoms with Gasteiger partial charge in [0.05, 0.1) is 10.8 Å². The number of hydrogen-bond donors (Lipinski definition) is 0. The van der Waals surface area contributed by atoms with E-state index in [1.807, 2.05) is 6.92 Å². The van der Waals surface area contributed by atoms with Crippen LogP contribution in [0.25, 0.3) is 0 Å². The zero-order chi connectivity index (χ0) is 16.4. The van der Waals surface area contributed by atoms with Gasteiger partial charge in [0.1, 0.15) is 5.75 Å². The van der Waals surface area contributed by atoms with E-state index in [9.17, 15) is 14.9 Å². The maximum absolute atomic E-state index is 11.9. The normalized spacial score (nSPS) is 11.9. The lowest BCUT2D eigenvalue weighted by Gasteiger charge is -2.11. The second kappa shape index (κ2) is 9.92. The van der Waals surface area contributed by atoms with Crippen molar-refractivity contribution in [2.45, 2.75) is 58.8 Å². The lowest BCUT2D eigenvalue weighted by atomic mass is 10.0. The molecular formula is C17H25NO4. The van der Waals surface area contributed by atoms with Crippen molar-refractivity contribution < 1.29 is 14.5 Å². The molecule has 5 nitrogen and oxygen atoms in total. The van der Waals surface area contributed by atoms with E-state index in [-0.39, 0.29) is 17.6 Å². The number of hydrogen-bond acceptors (Lipinski definition) is 4. The van der Waals surface area contributed by atoms with E-state index in [2.05, 4.69) is 6.92 Å². The van der Waals surface area contributed by atoms with E-state index in [4.69, 9.17) is 4.74 Å². The molecule has 22 heavy (non-hydrogen) atoms. The second-order valence-electron chi connectivity index (χ2n) is 5.63. The minimum absolute atomic E-state index is 0.0140. The standard InChI is InChI=1S/C17H25NO4/c1-3-4-5-6-7-8-9-14(2)17(19)22-16-12-10-15(11-13-16)18(20)21/h10-14H,3-9H2,1-2H3/t14-/m0/s1. The lowest BCUT2D eigenvalue weighted by molar-refractivity contribution is -0.384. The largest absolute Gasteiger partial charge is 0.426 e. The predicted octanol–water partition coefficient (Wildman–Crippen LogP) is 4.89. The number of benzene rings is 1. The van der Waals surface area contributed by atoms with Crippen molar-refractivity contribution in [2.75, 3.05) is 0 Å². The van der Waals surface area contributed by atoms with E-state index < -0.39 is 4.92 Å². The maximum Gasteiger partial charge on any atom is 0.314 e. The van der Waals surface area contributed by atoms with Gasteiger partial charge in [-0.2, -0.15) is 0 Å². The highest BCUT2D eigenvalue weighted by Crippen LogP contribution is 2.20. The molecule has 1 atom stereocenters. The van der Waals surface area contributed by atoms with Crippen molar-refractivity contribution in [3.05, 3.63) is 34.4 Å². The third-order valence-corrected chi connectivity index (χ3v) is 3.66. The van der Waals surface area contributed by atoms with E-state index >= 15 is 0 Å². The van der Waals surface area contributed by atoms with Gasteiger partial charge in [0, 0.05) is 12.1 Å². The number of esters is 1. The van der Waals surface area contributed by atoms with Crippen LogP contribution in [0.15, 0.2) is 24.3 Å². The monoisotopic (exact) mass is 307 g/mol. The highest BCUT2D eigenvalue weighted by atomic mass is 16.6. The molecule has 0 aromatic heterocycles. The van der Waals surface area contributed by atoms with Crippen LogP contribution in [0.2, 0.25) is 0 Å². The summed E-state index contributed by atoms with van der Waals surface area (Å²) in [6.07, 6.45) is 7.99. The molecule has 0 spiro atoms. The van der Waals surface area contributed by atoms with Gasteiger partial charge in [0.2, 0.25) is 0 Å². The average molecular weight is 307 g/mol. The van der Waals surface area contributed by atoms with Crippen molar-refractivity contribution in [2.24, 2.45) is 5.92 Å². The zero-order valence-corrected chi connectivity index (χ0v) is 13.4. The van der Waals surface area contributed by atoms with Crippen molar-refractivity contribution in [3.63, 3.8) is 0 Å². The molecule has 0 saturated heterocycles. The zero-order valence-electron chi connectivity index (χ0n) is 13.4. The number of nitro groups is 1. The van der Waals surface area contributed by atoms with Gasteiger partial charge in [-0.1, -0.05) is 52.4 Å². The summed E-state index contributed by atoms with van der Waals surface area (Å²) in [5.74, 6) is -0.0748. The Hall–Kier alpha value is -1.91. The maximum atomic E-state index is 11.9. The van der Waals surface area contributed by atoms with Crippen LogP contribution >= 0.6 is 0 Å². The topological polar surface area (TPSA) is 69.4 Å². The summed E-state index contributed by atoms with van der Waals surface area (Å²) in [7, 11) is 0. The molecule has 0 aliphatic rings. The number of ether oxygens (including phenoxy) is 1. The van der Waals surface area contributed by atoms with Gasteiger partial charge < -0.3 is 4.74 Å². The minimum atomic E-state index is -0.479. The van der Waals surface area contributed by atoms with Crippen LogP contribution in [0, 0.1) is 16.0 Å². The van der Waals surface area contributed by atoms with Crippen molar-refractivity contribution in [1.82, 2.24) is 0 Å². The molecule has 0 unspecified atom stereocenters. The molecule has 0 bridgehead atoms. The number of nitro benzene ring substituents is 1. The first-order valence-corrected chi connectivity index (χ1v) is 8.00. The first-order valence-electron chi connectivity index (χ1n) is 8.00. The SMILES string of the molecule is CCCCCCCC[C@H](C)C(=O)Oc1ccc([N+](=O)[O-])cc1. The smallest absolute Gasteiger partial charge is 0.314 e. The molecule has 0 aliphatic carbocycles. The van der Waals surface area contributed by atoms with Gasteiger partial charge in [0.15, 0.2) is 0 Å². The van der Waals surface area contributed by atoms with Crippen molar-refractivity contribution >= 4 is 11.7 Å². The molecule has 1 aromatic carbocycles. The summed E-state index contributed by atoms with van der Waals surface area (Å²) in [4.78, 5) is 22.0. The van der Waals surface area contributed by atoms with E-state index in [0.717, 1.165) is 19.3 Å². The third-order valence-electron chi connectivity index (χ3n) is 3.66. The minimum Gasteiger partial charge on any atom is -0.426 e. The summed E-state index contributed by atoms with van der Waals surface area (Å²) in [5.41, 5.74) is -0.0140. The van der Waals surface area contributed by atoms with Gasteiger partial charge in [-0.15, -0.1) is 0 Å². The van der Waals surface area contributed by atoms with Gasteiger partial charge in [-0.05, 0) is 18.6 Å². The number of non-ortho nitro benzene ring substituents is 1. The quantitative estimate of drug-likeness (QED) is 0.203. The first kappa shape index (κ1) is 18.1. The molecule has 0 amide bonds. The molecule has 0 N–H and O–H groups in total. The van der Waals surface area contributed by atoms with Crippen LogP contribution in [-0.2, 0) is 4.79 Å².